The molecule has 0 unspecified atom stereocenters. The average Bonchev–Trinajstić information content (AvgIpc) is 3.40. The van der Waals surface area contributed by atoms with Crippen molar-refractivity contribution < 1.29 is 9.53 Å². The minimum absolute atomic E-state index is 0.151. The van der Waals surface area contributed by atoms with Crippen molar-refractivity contribution in [2.45, 2.75) is 11.8 Å². The molecule has 2 aliphatic rings. The fourth-order valence-corrected chi connectivity index (χ4v) is 6.40. The predicted octanol–water partition coefficient (Wildman–Crippen LogP) is 2.99. The molecule has 10 heteroatoms. The zero-order chi connectivity index (χ0) is 23.4. The lowest BCUT2D eigenvalue weighted by molar-refractivity contribution is -0.112. The molecule has 2 aromatic carbocycles. The Kier molecular flexibility index (Phi) is 5.35. The Morgan fingerprint density at radius 3 is 2.48 bits per heavy atom. The second-order valence-electron chi connectivity index (χ2n) is 7.55. The number of benzene rings is 2. The number of hydrazone groups is 1. The summed E-state index contributed by atoms with van der Waals surface area (Å²) in [5.41, 5.74) is 2.42. The van der Waals surface area contributed by atoms with Gasteiger partial charge in [0.2, 0.25) is 0 Å². The quantitative estimate of drug-likeness (QED) is 0.543. The number of methoxy groups -OCH3 is 1. The first kappa shape index (κ1) is 21.8. The van der Waals surface area contributed by atoms with Gasteiger partial charge >= 0.3 is 0 Å². The number of fused-ring (bicyclic) bond motifs is 1. The van der Waals surface area contributed by atoms with Gasteiger partial charge in [-0.15, -0.1) is 11.3 Å². The zero-order valence-corrected chi connectivity index (χ0v) is 20.6. The number of nitrogens with zero attached hydrogens (tertiary/aromatic N) is 4. The highest BCUT2D eigenvalue weighted by molar-refractivity contribution is 8.08. The van der Waals surface area contributed by atoms with Crippen LogP contribution >= 0.6 is 34.7 Å². The molecule has 0 fully saturated rings. The third-order valence-electron chi connectivity index (χ3n) is 5.54. The summed E-state index contributed by atoms with van der Waals surface area (Å²) in [6.45, 7) is 1.78. The van der Waals surface area contributed by atoms with Crippen molar-refractivity contribution in [2.75, 3.05) is 24.1 Å². The number of rotatable bonds is 2. The van der Waals surface area contributed by atoms with E-state index in [4.69, 9.17) is 16.3 Å². The van der Waals surface area contributed by atoms with Crippen LogP contribution < -0.4 is 29.4 Å². The number of amides is 1. The summed E-state index contributed by atoms with van der Waals surface area (Å²) in [6, 6.07) is 12.7. The molecule has 0 radical (unpaired) electrons. The number of thioether (sulfide) groups is 1. The van der Waals surface area contributed by atoms with Gasteiger partial charge in [0.1, 0.15) is 20.0 Å². The molecule has 0 saturated carbocycles. The number of carbonyl (C=O) groups excluding carboxylic acids is 1. The Bertz CT molecular complexity index is 1520. The predicted molar refractivity (Wildman–Crippen MR) is 135 cm³/mol. The second-order valence-corrected chi connectivity index (χ2v) is 10.0. The molecule has 168 valence electrons. The summed E-state index contributed by atoms with van der Waals surface area (Å²) >= 11 is 8.81. The van der Waals surface area contributed by atoms with Gasteiger partial charge in [0.05, 0.1) is 29.8 Å². The molecular formula is C23H19ClN4O3S2. The van der Waals surface area contributed by atoms with E-state index >= 15 is 0 Å². The summed E-state index contributed by atoms with van der Waals surface area (Å²) in [5.74, 6) is 0.479. The number of hydrogen-bond acceptors (Lipinski definition) is 7. The highest BCUT2D eigenvalue weighted by Crippen LogP contribution is 2.46. The first-order valence-electron chi connectivity index (χ1n) is 10.00. The van der Waals surface area contributed by atoms with Crippen molar-refractivity contribution in [3.8, 4) is 5.75 Å². The number of aromatic nitrogens is 1. The van der Waals surface area contributed by atoms with E-state index in [1.54, 1.807) is 45.3 Å². The van der Waals surface area contributed by atoms with E-state index in [1.165, 1.54) is 32.7 Å². The van der Waals surface area contributed by atoms with E-state index in [0.717, 1.165) is 21.4 Å². The molecule has 0 bridgehead atoms. The van der Waals surface area contributed by atoms with Crippen molar-refractivity contribution in [3.05, 3.63) is 67.0 Å². The van der Waals surface area contributed by atoms with Crippen LogP contribution in [-0.2, 0) is 11.8 Å². The minimum Gasteiger partial charge on any atom is -0.497 e. The normalized spacial score (nSPS) is 18.7. The van der Waals surface area contributed by atoms with Gasteiger partial charge in [-0.25, -0.2) is 0 Å². The fourth-order valence-electron chi connectivity index (χ4n) is 3.77. The topological polar surface area (TPSA) is 67.1 Å². The molecule has 7 nitrogen and oxygen atoms in total. The lowest BCUT2D eigenvalue weighted by Gasteiger charge is -2.13. The number of carbonyl (C=O) groups is 1. The van der Waals surface area contributed by atoms with Crippen LogP contribution in [0.3, 0.4) is 0 Å². The number of halogens is 1. The van der Waals surface area contributed by atoms with E-state index in [-0.39, 0.29) is 11.5 Å². The van der Waals surface area contributed by atoms with Crippen molar-refractivity contribution in [3.63, 3.8) is 0 Å². The van der Waals surface area contributed by atoms with Gasteiger partial charge < -0.3 is 14.2 Å². The van der Waals surface area contributed by atoms with E-state index in [1.807, 2.05) is 30.1 Å². The Morgan fingerprint density at radius 2 is 1.79 bits per heavy atom. The van der Waals surface area contributed by atoms with Crippen molar-refractivity contribution >= 4 is 68.3 Å². The summed E-state index contributed by atoms with van der Waals surface area (Å²) in [7, 11) is 5.24. The van der Waals surface area contributed by atoms with Crippen LogP contribution in [0.25, 0.3) is 10.6 Å². The lowest BCUT2D eigenvalue weighted by Crippen LogP contribution is -2.33. The van der Waals surface area contributed by atoms with Gasteiger partial charge in [-0.05, 0) is 43.3 Å². The first-order chi connectivity index (χ1) is 15.8. The first-order valence-corrected chi connectivity index (χ1v) is 12.0. The van der Waals surface area contributed by atoms with Gasteiger partial charge in [0.15, 0.2) is 0 Å². The third-order valence-corrected chi connectivity index (χ3v) is 8.40. The molecule has 3 aromatic rings. The summed E-state index contributed by atoms with van der Waals surface area (Å²) in [4.78, 5) is 29.6. The molecule has 2 aliphatic heterocycles. The highest BCUT2D eigenvalue weighted by Gasteiger charge is 2.32. The maximum Gasteiger partial charge on any atom is 0.283 e. The van der Waals surface area contributed by atoms with Crippen LogP contribution in [0.2, 0.25) is 5.02 Å². The highest BCUT2D eigenvalue weighted by atomic mass is 35.5. The van der Waals surface area contributed by atoms with Gasteiger partial charge in [-0.3, -0.25) is 9.59 Å². The van der Waals surface area contributed by atoms with Crippen molar-refractivity contribution in [1.29, 1.82) is 0 Å². The largest absolute Gasteiger partial charge is 0.497 e. The number of ether oxygens (including phenoxy) is 1. The van der Waals surface area contributed by atoms with Crippen LogP contribution in [0, 0.1) is 0 Å². The standard InChI is InChI=1S/C23H19ClN4O3S2/c1-12-18(20(29)28(25-12)14-7-5-13(24)6-8-14)22-27(3)21(30)19(33-22)23-26(2)16-11-15(31-4)9-10-17(16)32-23/h5-11H,1-4H3. The minimum atomic E-state index is -0.274. The van der Waals surface area contributed by atoms with Gasteiger partial charge in [-0.1, -0.05) is 23.4 Å². The van der Waals surface area contributed by atoms with Crippen LogP contribution in [-0.4, -0.2) is 30.3 Å². The molecule has 33 heavy (non-hydrogen) atoms. The monoisotopic (exact) mass is 498 g/mol. The maximum absolute atomic E-state index is 13.3. The molecule has 1 aromatic heterocycles. The Labute approximate surface area is 202 Å². The summed E-state index contributed by atoms with van der Waals surface area (Å²) < 4.78 is 8.03. The molecule has 0 N–H and O–H groups in total. The SMILES string of the molecule is COc1ccc2c(c1)N(C)C(=c1sc(=C3C(=O)N(c4ccc(Cl)cc4)N=C3C)n(C)c1=O)S2. The van der Waals surface area contributed by atoms with Crippen LogP contribution in [0.4, 0.5) is 11.4 Å². The van der Waals surface area contributed by atoms with Crippen LogP contribution in [0.5, 0.6) is 5.75 Å². The molecule has 0 saturated heterocycles. The zero-order valence-electron chi connectivity index (χ0n) is 18.2. The molecular weight excluding hydrogens is 480 g/mol. The maximum atomic E-state index is 13.3. The molecule has 5 rings (SSSR count). The van der Waals surface area contributed by atoms with E-state index < -0.39 is 0 Å². The van der Waals surface area contributed by atoms with Gasteiger partial charge in [-0.2, -0.15) is 10.1 Å². The average molecular weight is 499 g/mol. The van der Waals surface area contributed by atoms with Crippen molar-refractivity contribution in [1.82, 2.24) is 4.57 Å². The Balaban J connectivity index is 1.66. The third kappa shape index (κ3) is 3.47. The van der Waals surface area contributed by atoms with E-state index in [9.17, 15) is 9.59 Å². The molecule has 0 atom stereocenters. The smallest absolute Gasteiger partial charge is 0.283 e. The second kappa shape index (κ2) is 8.09. The van der Waals surface area contributed by atoms with Crippen molar-refractivity contribution in [2.24, 2.45) is 12.1 Å². The fraction of sp³-hybridized carbons (Fsp3) is 0.174. The van der Waals surface area contributed by atoms with Gasteiger partial charge in [0, 0.05) is 30.1 Å². The number of anilines is 2. The molecule has 0 spiro atoms. The Morgan fingerprint density at radius 1 is 1.06 bits per heavy atom. The van der Waals surface area contributed by atoms with E-state index in [0.29, 0.717) is 31.2 Å². The van der Waals surface area contributed by atoms with Crippen LogP contribution in [0.15, 0.2) is 57.3 Å². The number of hydrogen-bond donors (Lipinski definition) is 0. The summed E-state index contributed by atoms with van der Waals surface area (Å²) in [5, 5.41) is 7.19. The van der Waals surface area contributed by atoms with E-state index in [2.05, 4.69) is 5.10 Å². The molecule has 0 aliphatic carbocycles. The Hall–Kier alpha value is -3.01. The summed E-state index contributed by atoms with van der Waals surface area (Å²) in [6.07, 6.45) is 0. The van der Waals surface area contributed by atoms with Gasteiger partial charge in [0.25, 0.3) is 11.5 Å². The van der Waals surface area contributed by atoms with Crippen LogP contribution in [0.1, 0.15) is 6.92 Å². The molecule has 3 heterocycles. The molecule has 1 amide bonds. The lowest BCUT2D eigenvalue weighted by atomic mass is 10.2. The number of thiazole rings is 1.